The van der Waals surface area contributed by atoms with Gasteiger partial charge in [0.05, 0.1) is 13.2 Å². The number of rotatable bonds is 7. The van der Waals surface area contributed by atoms with E-state index in [0.717, 1.165) is 55.5 Å². The van der Waals surface area contributed by atoms with Crippen molar-refractivity contribution in [1.29, 1.82) is 0 Å². The van der Waals surface area contributed by atoms with Gasteiger partial charge in [-0.25, -0.2) is 0 Å². The first kappa shape index (κ1) is 27.0. The van der Waals surface area contributed by atoms with Crippen LogP contribution in [-0.4, -0.2) is 49.5 Å². The molecule has 0 aliphatic carbocycles. The molecule has 6 nitrogen and oxygen atoms in total. The molecule has 0 bridgehead atoms. The smallest absolute Gasteiger partial charge is 0.251 e. The Morgan fingerprint density at radius 1 is 1.11 bits per heavy atom. The summed E-state index contributed by atoms with van der Waals surface area (Å²) in [6.45, 7) is 7.71. The molecular weight excluding hydrogens is 462 g/mol. The first-order chi connectivity index (χ1) is 16.9. The number of carbonyl (C=O) groups excluding carboxylic acids is 2. The van der Waals surface area contributed by atoms with Gasteiger partial charge in [-0.3, -0.25) is 14.5 Å². The number of amides is 2. The Hall–Kier alpha value is -2.57. The maximum Gasteiger partial charge on any atom is 0.251 e. The van der Waals surface area contributed by atoms with Crippen LogP contribution < -0.4 is 15.4 Å². The van der Waals surface area contributed by atoms with Gasteiger partial charge in [0.25, 0.3) is 5.91 Å². The summed E-state index contributed by atoms with van der Waals surface area (Å²) in [6.07, 6.45) is 4.51. The van der Waals surface area contributed by atoms with E-state index in [1.165, 1.54) is 0 Å². The van der Waals surface area contributed by atoms with E-state index in [-0.39, 0.29) is 11.8 Å². The third-order valence-corrected chi connectivity index (χ3v) is 6.41. The van der Waals surface area contributed by atoms with Crippen molar-refractivity contribution < 1.29 is 14.3 Å². The number of carbonyl (C=O) groups is 2. The van der Waals surface area contributed by atoms with Crippen LogP contribution in [0.4, 0.5) is 0 Å². The van der Waals surface area contributed by atoms with Crippen molar-refractivity contribution in [2.24, 2.45) is 5.92 Å². The zero-order valence-electron chi connectivity index (χ0n) is 20.9. The maximum atomic E-state index is 13.2. The highest BCUT2D eigenvalue weighted by Gasteiger charge is 2.21. The number of ether oxygens (including phenoxy) is 1. The molecule has 0 spiro atoms. The van der Waals surface area contributed by atoms with Gasteiger partial charge in [0.15, 0.2) is 0 Å². The van der Waals surface area contributed by atoms with Crippen LogP contribution in [0.3, 0.4) is 0 Å². The SMILES string of the molecule is CC(C)CCN1CC(=O)NCCCCCOc2cccc(C(=O)NCCc3ccc(Cl)cc3)c2C1. The Kier molecular flexibility index (Phi) is 10.9. The minimum Gasteiger partial charge on any atom is -0.493 e. The quantitative estimate of drug-likeness (QED) is 0.572. The second-order valence-electron chi connectivity index (χ2n) is 9.57. The fourth-order valence-electron chi connectivity index (χ4n) is 4.09. The molecule has 2 N–H and O–H groups in total. The molecule has 7 heteroatoms. The lowest BCUT2D eigenvalue weighted by Gasteiger charge is -2.25. The van der Waals surface area contributed by atoms with Gasteiger partial charge in [-0.15, -0.1) is 0 Å². The van der Waals surface area contributed by atoms with Crippen LogP contribution in [0.1, 0.15) is 61.0 Å². The standard InChI is InChI=1S/C28H38ClN3O3/c1-21(2)14-17-32-19-25-24(28(34)31-16-13-22-9-11-23(29)12-10-22)7-6-8-26(25)35-18-5-3-4-15-30-27(33)20-32/h6-12,21H,3-5,13-20H2,1-2H3,(H,30,33)(H,31,34). The molecule has 0 unspecified atom stereocenters. The molecule has 0 aromatic heterocycles. The molecule has 3 rings (SSSR count). The van der Waals surface area contributed by atoms with E-state index in [4.69, 9.17) is 16.3 Å². The van der Waals surface area contributed by atoms with Crippen LogP contribution in [0.5, 0.6) is 5.75 Å². The van der Waals surface area contributed by atoms with Gasteiger partial charge in [-0.05, 0) is 74.4 Å². The van der Waals surface area contributed by atoms with Crippen LogP contribution in [0.15, 0.2) is 42.5 Å². The van der Waals surface area contributed by atoms with E-state index < -0.39 is 0 Å². The predicted molar refractivity (Wildman–Crippen MR) is 141 cm³/mol. The molecule has 190 valence electrons. The summed E-state index contributed by atoms with van der Waals surface area (Å²) >= 11 is 5.97. The molecule has 2 aromatic carbocycles. The number of benzene rings is 2. The Labute approximate surface area is 214 Å². The van der Waals surface area contributed by atoms with Crippen LogP contribution in [0.25, 0.3) is 0 Å². The Morgan fingerprint density at radius 2 is 1.91 bits per heavy atom. The van der Waals surface area contributed by atoms with Crippen molar-refractivity contribution in [2.45, 2.75) is 52.5 Å². The summed E-state index contributed by atoms with van der Waals surface area (Å²) < 4.78 is 6.15. The third kappa shape index (κ3) is 9.19. The van der Waals surface area contributed by atoms with Crippen LogP contribution in [0, 0.1) is 5.92 Å². The maximum absolute atomic E-state index is 13.2. The lowest BCUT2D eigenvalue weighted by atomic mass is 10.0. The lowest BCUT2D eigenvalue weighted by molar-refractivity contribution is -0.122. The van der Waals surface area contributed by atoms with Crippen molar-refractivity contribution in [3.63, 3.8) is 0 Å². The highest BCUT2D eigenvalue weighted by atomic mass is 35.5. The van der Waals surface area contributed by atoms with Gasteiger partial charge < -0.3 is 15.4 Å². The molecule has 35 heavy (non-hydrogen) atoms. The van der Waals surface area contributed by atoms with Crippen molar-refractivity contribution in [3.05, 3.63) is 64.2 Å². The van der Waals surface area contributed by atoms with Crippen molar-refractivity contribution in [1.82, 2.24) is 15.5 Å². The minimum absolute atomic E-state index is 0.0281. The van der Waals surface area contributed by atoms with Gasteiger partial charge in [-0.2, -0.15) is 0 Å². The summed E-state index contributed by atoms with van der Waals surface area (Å²) in [5.74, 6) is 1.15. The molecule has 1 heterocycles. The number of nitrogens with zero attached hydrogens (tertiary/aromatic N) is 1. The number of hydrogen-bond donors (Lipinski definition) is 2. The monoisotopic (exact) mass is 499 g/mol. The van der Waals surface area contributed by atoms with Gasteiger partial charge in [0.1, 0.15) is 5.75 Å². The molecule has 2 aromatic rings. The van der Waals surface area contributed by atoms with Crippen molar-refractivity contribution in [3.8, 4) is 5.75 Å². The highest BCUT2D eigenvalue weighted by Crippen LogP contribution is 2.26. The molecule has 1 aliphatic heterocycles. The van der Waals surface area contributed by atoms with E-state index in [2.05, 4.69) is 29.4 Å². The van der Waals surface area contributed by atoms with E-state index in [0.29, 0.717) is 49.3 Å². The summed E-state index contributed by atoms with van der Waals surface area (Å²) in [7, 11) is 0. The first-order valence-corrected chi connectivity index (χ1v) is 13.1. The highest BCUT2D eigenvalue weighted by molar-refractivity contribution is 6.30. The summed E-state index contributed by atoms with van der Waals surface area (Å²) in [4.78, 5) is 28.0. The molecule has 2 amide bonds. The number of fused-ring (bicyclic) bond motifs is 1. The fraction of sp³-hybridized carbons (Fsp3) is 0.500. The average molecular weight is 500 g/mol. The molecule has 0 atom stereocenters. The zero-order chi connectivity index (χ0) is 25.0. The van der Waals surface area contributed by atoms with E-state index in [9.17, 15) is 9.59 Å². The molecule has 0 saturated heterocycles. The van der Waals surface area contributed by atoms with Crippen LogP contribution >= 0.6 is 11.6 Å². The van der Waals surface area contributed by atoms with Crippen molar-refractivity contribution in [2.75, 3.05) is 32.8 Å². The van der Waals surface area contributed by atoms with Crippen LogP contribution in [0.2, 0.25) is 5.02 Å². The average Bonchev–Trinajstić information content (AvgIpc) is 2.84. The molecular formula is C28H38ClN3O3. The molecule has 0 radical (unpaired) electrons. The van der Waals surface area contributed by atoms with Gasteiger partial charge >= 0.3 is 0 Å². The normalized spacial score (nSPS) is 15.7. The van der Waals surface area contributed by atoms with Crippen molar-refractivity contribution >= 4 is 23.4 Å². The van der Waals surface area contributed by atoms with E-state index >= 15 is 0 Å². The summed E-state index contributed by atoms with van der Waals surface area (Å²) in [5.41, 5.74) is 2.55. The Bertz CT molecular complexity index is 962. The topological polar surface area (TPSA) is 70.7 Å². The van der Waals surface area contributed by atoms with E-state index in [1.807, 2.05) is 42.5 Å². The number of hydrogen-bond acceptors (Lipinski definition) is 4. The Morgan fingerprint density at radius 3 is 2.69 bits per heavy atom. The number of nitrogens with one attached hydrogen (secondary N) is 2. The predicted octanol–water partition coefficient (Wildman–Crippen LogP) is 4.84. The second kappa shape index (κ2) is 14.1. The second-order valence-corrected chi connectivity index (χ2v) is 10.0. The first-order valence-electron chi connectivity index (χ1n) is 12.7. The number of halogens is 1. The Balaban J connectivity index is 1.79. The summed E-state index contributed by atoms with van der Waals surface area (Å²) in [5, 5.41) is 6.79. The molecule has 0 saturated carbocycles. The van der Waals surface area contributed by atoms with Crippen LogP contribution in [-0.2, 0) is 17.8 Å². The molecule has 0 fully saturated rings. The van der Waals surface area contributed by atoms with E-state index in [1.54, 1.807) is 0 Å². The van der Waals surface area contributed by atoms with Gasteiger partial charge in [0.2, 0.25) is 5.91 Å². The molecule has 1 aliphatic rings. The zero-order valence-corrected chi connectivity index (χ0v) is 21.7. The summed E-state index contributed by atoms with van der Waals surface area (Å²) in [6, 6.07) is 13.3. The lowest BCUT2D eigenvalue weighted by Crippen LogP contribution is -2.38. The van der Waals surface area contributed by atoms with Gasteiger partial charge in [-0.1, -0.05) is 43.6 Å². The van der Waals surface area contributed by atoms with Gasteiger partial charge in [0, 0.05) is 35.8 Å². The minimum atomic E-state index is -0.128. The largest absolute Gasteiger partial charge is 0.493 e. The fourth-order valence-corrected chi connectivity index (χ4v) is 4.22. The third-order valence-electron chi connectivity index (χ3n) is 6.16.